The van der Waals surface area contributed by atoms with Gasteiger partial charge in [0.05, 0.1) is 17.5 Å². The second kappa shape index (κ2) is 6.11. The highest BCUT2D eigenvalue weighted by molar-refractivity contribution is 7.89. The van der Waals surface area contributed by atoms with Crippen molar-refractivity contribution in [2.45, 2.75) is 31.4 Å². The zero-order valence-electron chi connectivity index (χ0n) is 11.5. The second-order valence-corrected chi connectivity index (χ2v) is 6.42. The number of nitrogens with one attached hydrogen (secondary N) is 2. The van der Waals surface area contributed by atoms with Crippen LogP contribution in [0.25, 0.3) is 0 Å². The summed E-state index contributed by atoms with van der Waals surface area (Å²) in [5.41, 5.74) is 0.813. The van der Waals surface area contributed by atoms with Gasteiger partial charge in [0.1, 0.15) is 5.75 Å². The molecule has 0 aliphatic rings. The van der Waals surface area contributed by atoms with Gasteiger partial charge in [-0.2, -0.15) is 0 Å². The molecule has 0 aliphatic carbocycles. The molecule has 6 heteroatoms. The van der Waals surface area contributed by atoms with Crippen LogP contribution >= 0.6 is 0 Å². The molecule has 0 spiro atoms. The lowest BCUT2D eigenvalue weighted by Crippen LogP contribution is -2.23. The van der Waals surface area contributed by atoms with Gasteiger partial charge in [-0.1, -0.05) is 0 Å². The van der Waals surface area contributed by atoms with Gasteiger partial charge in [-0.25, -0.2) is 13.1 Å². The average molecular weight is 294 g/mol. The first-order valence-corrected chi connectivity index (χ1v) is 7.84. The monoisotopic (exact) mass is 294 g/mol. The Bertz CT molecular complexity index is 632. The Balaban J connectivity index is 2.05. The smallest absolute Gasteiger partial charge is 0.240 e. The molecule has 1 heterocycles. The van der Waals surface area contributed by atoms with Crippen molar-refractivity contribution < 1.29 is 13.2 Å². The maximum absolute atomic E-state index is 12.1. The van der Waals surface area contributed by atoms with Gasteiger partial charge in [0.25, 0.3) is 0 Å². The minimum Gasteiger partial charge on any atom is -0.491 e. The number of sulfonamides is 1. The molecule has 0 amide bonds. The molecule has 2 aromatic rings. The lowest BCUT2D eigenvalue weighted by atomic mass is 10.3. The van der Waals surface area contributed by atoms with Crippen LogP contribution in [-0.2, 0) is 16.6 Å². The Morgan fingerprint density at radius 1 is 1.20 bits per heavy atom. The van der Waals surface area contributed by atoms with Gasteiger partial charge in [-0.05, 0) is 50.2 Å². The largest absolute Gasteiger partial charge is 0.491 e. The third-order valence-corrected chi connectivity index (χ3v) is 4.04. The fourth-order valence-corrected chi connectivity index (χ4v) is 2.71. The fraction of sp³-hybridized carbons (Fsp3) is 0.286. The van der Waals surface area contributed by atoms with Gasteiger partial charge in [0, 0.05) is 11.9 Å². The number of aromatic amines is 1. The van der Waals surface area contributed by atoms with Crippen LogP contribution in [-0.4, -0.2) is 19.5 Å². The van der Waals surface area contributed by atoms with Crippen molar-refractivity contribution >= 4 is 10.0 Å². The normalized spacial score (nSPS) is 11.8. The Morgan fingerprint density at radius 2 is 1.90 bits per heavy atom. The van der Waals surface area contributed by atoms with Crippen LogP contribution in [0.4, 0.5) is 0 Å². The summed E-state index contributed by atoms with van der Waals surface area (Å²) in [6.45, 7) is 4.07. The molecule has 2 N–H and O–H groups in total. The van der Waals surface area contributed by atoms with Crippen LogP contribution in [0, 0.1) is 0 Å². The average Bonchev–Trinajstić information content (AvgIpc) is 2.89. The minimum atomic E-state index is -3.51. The quantitative estimate of drug-likeness (QED) is 0.858. The van der Waals surface area contributed by atoms with Crippen LogP contribution in [0.5, 0.6) is 5.75 Å². The highest BCUT2D eigenvalue weighted by Gasteiger charge is 2.13. The number of rotatable bonds is 6. The number of hydrogen-bond donors (Lipinski definition) is 2. The molecule has 20 heavy (non-hydrogen) atoms. The van der Waals surface area contributed by atoms with Crippen LogP contribution in [0.3, 0.4) is 0 Å². The summed E-state index contributed by atoms with van der Waals surface area (Å²) >= 11 is 0. The zero-order chi connectivity index (χ0) is 14.6. The molecule has 0 saturated heterocycles. The maximum Gasteiger partial charge on any atom is 0.240 e. The summed E-state index contributed by atoms with van der Waals surface area (Å²) in [6.07, 6.45) is 1.81. The molecular weight excluding hydrogens is 276 g/mol. The van der Waals surface area contributed by atoms with E-state index in [1.807, 2.05) is 26.0 Å². The maximum atomic E-state index is 12.1. The van der Waals surface area contributed by atoms with Gasteiger partial charge in [-0.15, -0.1) is 0 Å². The van der Waals surface area contributed by atoms with E-state index >= 15 is 0 Å². The first-order chi connectivity index (χ1) is 9.47. The Morgan fingerprint density at radius 3 is 2.45 bits per heavy atom. The highest BCUT2D eigenvalue weighted by Crippen LogP contribution is 2.17. The highest BCUT2D eigenvalue weighted by atomic mass is 32.2. The Kier molecular flexibility index (Phi) is 4.46. The summed E-state index contributed by atoms with van der Waals surface area (Å²) in [5.74, 6) is 0.656. The summed E-state index contributed by atoms with van der Waals surface area (Å²) in [5, 5.41) is 0. The van der Waals surface area contributed by atoms with Crippen molar-refractivity contribution in [3.05, 3.63) is 48.3 Å². The molecule has 2 rings (SSSR count). The molecule has 5 nitrogen and oxygen atoms in total. The van der Waals surface area contributed by atoms with E-state index in [2.05, 4.69) is 9.71 Å². The lowest BCUT2D eigenvalue weighted by molar-refractivity contribution is 0.242. The van der Waals surface area contributed by atoms with Crippen LogP contribution in [0.2, 0.25) is 0 Å². The Labute approximate surface area is 119 Å². The summed E-state index contributed by atoms with van der Waals surface area (Å²) in [7, 11) is -3.51. The van der Waals surface area contributed by atoms with Crippen LogP contribution in [0.1, 0.15) is 19.5 Å². The lowest BCUT2D eigenvalue weighted by Gasteiger charge is -2.10. The van der Waals surface area contributed by atoms with E-state index in [9.17, 15) is 8.42 Å². The molecule has 0 saturated carbocycles. The van der Waals surface area contributed by atoms with Crippen LogP contribution < -0.4 is 9.46 Å². The molecule has 0 fully saturated rings. The van der Waals surface area contributed by atoms with E-state index in [1.54, 1.807) is 18.3 Å². The van der Waals surface area contributed by atoms with E-state index in [-0.39, 0.29) is 17.5 Å². The standard InChI is InChI=1S/C14H18N2O3S/c1-11(2)19-13-5-7-14(8-6-13)20(17,18)16-10-12-4-3-9-15-12/h3-9,11,15-16H,10H2,1-2H3. The van der Waals surface area contributed by atoms with Gasteiger partial charge in [0.2, 0.25) is 10.0 Å². The third kappa shape index (κ3) is 3.85. The molecule has 0 unspecified atom stereocenters. The fourth-order valence-electron chi connectivity index (χ4n) is 1.70. The number of aromatic nitrogens is 1. The summed E-state index contributed by atoms with van der Waals surface area (Å²) in [6, 6.07) is 10.0. The van der Waals surface area contributed by atoms with Gasteiger partial charge in [0.15, 0.2) is 0 Å². The van der Waals surface area contributed by atoms with Crippen molar-refractivity contribution in [3.63, 3.8) is 0 Å². The van der Waals surface area contributed by atoms with Crippen molar-refractivity contribution in [1.29, 1.82) is 0 Å². The van der Waals surface area contributed by atoms with Crippen LogP contribution in [0.15, 0.2) is 47.5 Å². The van der Waals surface area contributed by atoms with Crippen molar-refractivity contribution in [2.75, 3.05) is 0 Å². The second-order valence-electron chi connectivity index (χ2n) is 4.66. The molecule has 0 bridgehead atoms. The Hall–Kier alpha value is -1.79. The zero-order valence-corrected chi connectivity index (χ0v) is 12.3. The van der Waals surface area contributed by atoms with E-state index in [4.69, 9.17) is 4.74 Å². The molecular formula is C14H18N2O3S. The molecule has 0 atom stereocenters. The predicted octanol–water partition coefficient (Wildman–Crippen LogP) is 2.28. The summed E-state index contributed by atoms with van der Waals surface area (Å²) in [4.78, 5) is 3.17. The molecule has 1 aromatic heterocycles. The third-order valence-electron chi connectivity index (χ3n) is 2.62. The van der Waals surface area contributed by atoms with E-state index in [0.717, 1.165) is 5.69 Å². The van der Waals surface area contributed by atoms with Crippen molar-refractivity contribution in [3.8, 4) is 5.75 Å². The molecule has 0 radical (unpaired) electrons. The van der Waals surface area contributed by atoms with Crippen molar-refractivity contribution in [1.82, 2.24) is 9.71 Å². The number of ether oxygens (including phenoxy) is 1. The van der Waals surface area contributed by atoms with E-state index < -0.39 is 10.0 Å². The van der Waals surface area contributed by atoms with Gasteiger partial charge >= 0.3 is 0 Å². The SMILES string of the molecule is CC(C)Oc1ccc(S(=O)(=O)NCc2ccc[nH]2)cc1. The molecule has 1 aromatic carbocycles. The first kappa shape index (κ1) is 14.6. The van der Waals surface area contributed by atoms with Crippen molar-refractivity contribution in [2.24, 2.45) is 0 Å². The van der Waals surface area contributed by atoms with E-state index in [0.29, 0.717) is 5.75 Å². The number of hydrogen-bond acceptors (Lipinski definition) is 3. The van der Waals surface area contributed by atoms with E-state index in [1.165, 1.54) is 12.1 Å². The number of benzene rings is 1. The molecule has 0 aliphatic heterocycles. The van der Waals surface area contributed by atoms with Gasteiger partial charge < -0.3 is 9.72 Å². The minimum absolute atomic E-state index is 0.0588. The first-order valence-electron chi connectivity index (χ1n) is 6.36. The number of H-pyrrole nitrogens is 1. The molecule has 108 valence electrons. The topological polar surface area (TPSA) is 71.2 Å². The van der Waals surface area contributed by atoms with Gasteiger partial charge in [-0.3, -0.25) is 0 Å². The predicted molar refractivity (Wildman–Crippen MR) is 77.0 cm³/mol. The summed E-state index contributed by atoms with van der Waals surface area (Å²) < 4.78 is 32.2.